The van der Waals surface area contributed by atoms with Crippen LogP contribution in [0.2, 0.25) is 0 Å². The summed E-state index contributed by atoms with van der Waals surface area (Å²) in [4.78, 5) is 0. The lowest BCUT2D eigenvalue weighted by molar-refractivity contribution is 0.0136. The molecule has 1 aliphatic carbocycles. The fraction of sp³-hybridized carbons (Fsp3) is 1.00. The van der Waals surface area contributed by atoms with E-state index in [1.165, 1.54) is 19.1 Å². The maximum absolute atomic E-state index is 11.3. The van der Waals surface area contributed by atoms with Gasteiger partial charge in [0.1, 0.15) is 0 Å². The second-order valence-corrected chi connectivity index (χ2v) is 7.16. The minimum atomic E-state index is -2.94. The van der Waals surface area contributed by atoms with Gasteiger partial charge in [0.2, 0.25) is 10.0 Å². The molecule has 0 N–H and O–H groups in total. The van der Waals surface area contributed by atoms with E-state index in [1.807, 2.05) is 0 Å². The highest BCUT2D eigenvalue weighted by atomic mass is 32.2. The summed E-state index contributed by atoms with van der Waals surface area (Å²) in [5, 5.41) is 0. The van der Waals surface area contributed by atoms with E-state index in [9.17, 15) is 8.42 Å². The summed E-state index contributed by atoms with van der Waals surface area (Å²) in [6.45, 7) is 3.77. The second kappa shape index (κ2) is 3.20. The first-order valence-corrected chi connectivity index (χ1v) is 7.21. The first-order chi connectivity index (χ1) is 6.41. The third-order valence-electron chi connectivity index (χ3n) is 3.82. The molecule has 0 amide bonds. The summed E-state index contributed by atoms with van der Waals surface area (Å²) in [7, 11) is -2.94. The lowest BCUT2D eigenvalue weighted by Gasteiger charge is -2.51. The molecule has 14 heavy (non-hydrogen) atoms. The summed E-state index contributed by atoms with van der Waals surface area (Å²) in [6, 6.07) is 0. The van der Waals surface area contributed by atoms with Gasteiger partial charge in [-0.3, -0.25) is 0 Å². The number of piperidine rings is 1. The quantitative estimate of drug-likeness (QED) is 0.667. The Kier molecular flexibility index (Phi) is 2.39. The molecule has 1 saturated heterocycles. The number of hydrogen-bond acceptors (Lipinski definition) is 2. The summed E-state index contributed by atoms with van der Waals surface area (Å²) >= 11 is 0. The highest BCUT2D eigenvalue weighted by Gasteiger charge is 2.44. The zero-order valence-corrected chi connectivity index (χ0v) is 9.81. The van der Waals surface area contributed by atoms with Crippen LogP contribution in [0.3, 0.4) is 0 Å². The molecule has 3 nitrogen and oxygen atoms in total. The Balaban J connectivity index is 1.93. The molecule has 1 aliphatic heterocycles. The van der Waals surface area contributed by atoms with Crippen molar-refractivity contribution in [2.45, 2.75) is 32.6 Å². The molecule has 0 bridgehead atoms. The number of hydrogen-bond donors (Lipinski definition) is 0. The Bertz CT molecular complexity index is 307. The summed E-state index contributed by atoms with van der Waals surface area (Å²) in [5.41, 5.74) is 0.514. The molecule has 0 atom stereocenters. The minimum Gasteiger partial charge on any atom is -0.213 e. The smallest absolute Gasteiger partial charge is 0.211 e. The largest absolute Gasteiger partial charge is 0.213 e. The van der Waals surface area contributed by atoms with Crippen LogP contribution >= 0.6 is 0 Å². The lowest BCUT2D eigenvalue weighted by atomic mass is 9.58. The van der Waals surface area contributed by atoms with E-state index in [-0.39, 0.29) is 0 Å². The van der Waals surface area contributed by atoms with Crippen molar-refractivity contribution in [3.8, 4) is 0 Å². The van der Waals surface area contributed by atoms with Gasteiger partial charge in [0.05, 0.1) is 6.26 Å². The van der Waals surface area contributed by atoms with Crippen LogP contribution in [0.25, 0.3) is 0 Å². The normalized spacial score (nSPS) is 29.0. The van der Waals surface area contributed by atoms with E-state index in [1.54, 1.807) is 4.31 Å². The molecular formula is C10H19NO2S. The van der Waals surface area contributed by atoms with E-state index in [2.05, 4.69) is 6.92 Å². The number of rotatable bonds is 1. The van der Waals surface area contributed by atoms with E-state index in [0.717, 1.165) is 31.8 Å². The fourth-order valence-corrected chi connectivity index (χ4v) is 3.96. The summed E-state index contributed by atoms with van der Waals surface area (Å²) in [5.74, 6) is 0.861. The molecule has 0 aromatic heterocycles. The molecule has 2 rings (SSSR count). The molecule has 0 radical (unpaired) electrons. The van der Waals surface area contributed by atoms with Crippen molar-refractivity contribution in [3.63, 3.8) is 0 Å². The monoisotopic (exact) mass is 217 g/mol. The molecule has 1 heterocycles. The van der Waals surface area contributed by atoms with Gasteiger partial charge in [-0.15, -0.1) is 0 Å². The minimum absolute atomic E-state index is 0.514. The van der Waals surface area contributed by atoms with Crippen molar-refractivity contribution in [2.24, 2.45) is 11.3 Å². The maximum atomic E-state index is 11.3. The first kappa shape index (κ1) is 10.4. The maximum Gasteiger partial charge on any atom is 0.211 e. The van der Waals surface area contributed by atoms with Gasteiger partial charge >= 0.3 is 0 Å². The van der Waals surface area contributed by atoms with Crippen LogP contribution in [0.4, 0.5) is 0 Å². The Morgan fingerprint density at radius 1 is 1.21 bits per heavy atom. The van der Waals surface area contributed by atoms with Gasteiger partial charge in [0.25, 0.3) is 0 Å². The van der Waals surface area contributed by atoms with Crippen molar-refractivity contribution in [3.05, 3.63) is 0 Å². The van der Waals surface area contributed by atoms with E-state index in [4.69, 9.17) is 0 Å². The van der Waals surface area contributed by atoms with Crippen molar-refractivity contribution in [1.82, 2.24) is 4.31 Å². The zero-order chi connectivity index (χ0) is 10.4. The molecule has 82 valence electrons. The van der Waals surface area contributed by atoms with Crippen LogP contribution in [0, 0.1) is 11.3 Å². The highest BCUT2D eigenvalue weighted by Crippen LogP contribution is 2.52. The van der Waals surface area contributed by atoms with Gasteiger partial charge in [0.15, 0.2) is 0 Å². The van der Waals surface area contributed by atoms with E-state index in [0.29, 0.717) is 5.41 Å². The van der Waals surface area contributed by atoms with Crippen LogP contribution < -0.4 is 0 Å². The molecule has 2 fully saturated rings. The molecule has 4 heteroatoms. The van der Waals surface area contributed by atoms with E-state index < -0.39 is 10.0 Å². The van der Waals surface area contributed by atoms with Crippen LogP contribution in [0.15, 0.2) is 0 Å². The molecular weight excluding hydrogens is 198 g/mol. The SMILES string of the molecule is CC1CC2(CCN(S(C)(=O)=O)CC2)C1. The van der Waals surface area contributed by atoms with Gasteiger partial charge in [0, 0.05) is 13.1 Å². The number of sulfonamides is 1. The molecule has 1 spiro atoms. The van der Waals surface area contributed by atoms with Crippen molar-refractivity contribution in [1.29, 1.82) is 0 Å². The fourth-order valence-electron chi connectivity index (χ4n) is 3.12. The molecule has 0 unspecified atom stereocenters. The van der Waals surface area contributed by atoms with Gasteiger partial charge in [-0.2, -0.15) is 0 Å². The Morgan fingerprint density at radius 3 is 2.07 bits per heavy atom. The van der Waals surface area contributed by atoms with Crippen LogP contribution in [-0.4, -0.2) is 32.1 Å². The molecule has 0 aromatic rings. The summed E-state index contributed by atoms with van der Waals surface area (Å²) in [6.07, 6.45) is 6.08. The van der Waals surface area contributed by atoms with Gasteiger partial charge < -0.3 is 0 Å². The highest BCUT2D eigenvalue weighted by molar-refractivity contribution is 7.88. The average Bonchev–Trinajstić information content (AvgIpc) is 2.01. The first-order valence-electron chi connectivity index (χ1n) is 5.36. The summed E-state index contributed by atoms with van der Waals surface area (Å²) < 4.78 is 24.2. The third kappa shape index (κ3) is 1.82. The predicted molar refractivity (Wildman–Crippen MR) is 56.5 cm³/mol. The Hall–Kier alpha value is -0.0900. The molecule has 1 saturated carbocycles. The van der Waals surface area contributed by atoms with Gasteiger partial charge in [-0.25, -0.2) is 12.7 Å². The predicted octanol–water partition coefficient (Wildman–Crippen LogP) is 1.46. The van der Waals surface area contributed by atoms with Gasteiger partial charge in [-0.05, 0) is 37.0 Å². The molecule has 2 aliphatic rings. The lowest BCUT2D eigenvalue weighted by Crippen LogP contribution is -2.47. The van der Waals surface area contributed by atoms with Crippen LogP contribution in [0.1, 0.15) is 32.6 Å². The van der Waals surface area contributed by atoms with Crippen LogP contribution in [-0.2, 0) is 10.0 Å². The molecule has 0 aromatic carbocycles. The van der Waals surface area contributed by atoms with Gasteiger partial charge in [-0.1, -0.05) is 6.92 Å². The average molecular weight is 217 g/mol. The zero-order valence-electron chi connectivity index (χ0n) is 8.99. The third-order valence-corrected chi connectivity index (χ3v) is 5.12. The topological polar surface area (TPSA) is 37.4 Å². The number of nitrogens with zero attached hydrogens (tertiary/aromatic N) is 1. The standard InChI is InChI=1S/C10H19NO2S/c1-9-7-10(8-9)3-5-11(6-4-10)14(2,12)13/h9H,3-8H2,1-2H3. The Morgan fingerprint density at radius 2 is 1.71 bits per heavy atom. The van der Waals surface area contributed by atoms with Crippen molar-refractivity contribution >= 4 is 10.0 Å². The Labute approximate surface area is 86.5 Å². The van der Waals surface area contributed by atoms with E-state index >= 15 is 0 Å². The second-order valence-electron chi connectivity index (χ2n) is 5.18. The van der Waals surface area contributed by atoms with Crippen molar-refractivity contribution < 1.29 is 8.42 Å². The van der Waals surface area contributed by atoms with Crippen LogP contribution in [0.5, 0.6) is 0 Å². The van der Waals surface area contributed by atoms with Crippen molar-refractivity contribution in [2.75, 3.05) is 19.3 Å².